The zero-order chi connectivity index (χ0) is 12.8. The molecule has 2 aliphatic rings. The number of H-pyrrole nitrogens is 1. The number of carbonyl (C=O) groups excluding carboxylic acids is 1. The quantitative estimate of drug-likeness (QED) is 0.912. The van der Waals surface area contributed by atoms with E-state index < -0.39 is 0 Å². The van der Waals surface area contributed by atoms with E-state index in [4.69, 9.17) is 0 Å². The van der Waals surface area contributed by atoms with E-state index in [0.717, 1.165) is 36.2 Å². The Balaban J connectivity index is 1.67. The van der Waals surface area contributed by atoms with Gasteiger partial charge in [-0.3, -0.25) is 9.89 Å². The lowest BCUT2D eigenvalue weighted by molar-refractivity contribution is 0.0730. The maximum absolute atomic E-state index is 12.7. The topological polar surface area (TPSA) is 49.0 Å². The number of rotatable bonds is 4. The van der Waals surface area contributed by atoms with Crippen molar-refractivity contribution in [1.29, 1.82) is 0 Å². The van der Waals surface area contributed by atoms with Crippen LogP contribution in [0, 0.1) is 5.92 Å². The number of nitrogens with zero attached hydrogens (tertiary/aromatic N) is 2. The average Bonchev–Trinajstić information content (AvgIpc) is 3.33. The Morgan fingerprint density at radius 2 is 2.05 bits per heavy atom. The molecule has 0 spiro atoms. The average molecular weight is 255 g/mol. The predicted octanol–water partition coefficient (Wildman–Crippen LogP) is 2.58. The van der Waals surface area contributed by atoms with Gasteiger partial charge >= 0.3 is 0 Å². The standard InChI is InChI=1S/C15H17N3O/c19-15(18(11-7-8-11)9-10-5-6-10)14-12-3-1-2-4-13(12)16-17-14/h1-4,10-11H,5-9H2,(H,16,17). The summed E-state index contributed by atoms with van der Waals surface area (Å²) >= 11 is 0. The minimum atomic E-state index is 0.104. The lowest BCUT2D eigenvalue weighted by Gasteiger charge is -2.21. The molecule has 0 aliphatic heterocycles. The van der Waals surface area contributed by atoms with E-state index in [1.54, 1.807) is 0 Å². The van der Waals surface area contributed by atoms with E-state index in [0.29, 0.717) is 11.7 Å². The Kier molecular flexibility index (Phi) is 2.37. The number of para-hydroxylation sites is 1. The van der Waals surface area contributed by atoms with Crippen molar-refractivity contribution in [3.8, 4) is 0 Å². The van der Waals surface area contributed by atoms with Crippen LogP contribution in [-0.4, -0.2) is 33.6 Å². The fourth-order valence-electron chi connectivity index (χ4n) is 2.63. The van der Waals surface area contributed by atoms with Gasteiger partial charge in [0.25, 0.3) is 5.91 Å². The van der Waals surface area contributed by atoms with E-state index >= 15 is 0 Å². The molecule has 2 saturated carbocycles. The van der Waals surface area contributed by atoms with Crippen LogP contribution in [0.1, 0.15) is 36.2 Å². The van der Waals surface area contributed by atoms with E-state index in [2.05, 4.69) is 15.1 Å². The van der Waals surface area contributed by atoms with Crippen molar-refractivity contribution in [2.45, 2.75) is 31.7 Å². The number of hydrogen-bond acceptors (Lipinski definition) is 2. The number of carbonyl (C=O) groups is 1. The van der Waals surface area contributed by atoms with Crippen LogP contribution in [-0.2, 0) is 0 Å². The molecule has 2 aliphatic carbocycles. The monoisotopic (exact) mass is 255 g/mol. The summed E-state index contributed by atoms with van der Waals surface area (Å²) in [7, 11) is 0. The van der Waals surface area contributed by atoms with Crippen molar-refractivity contribution in [3.05, 3.63) is 30.0 Å². The third kappa shape index (κ3) is 2.01. The van der Waals surface area contributed by atoms with Gasteiger partial charge in [-0.2, -0.15) is 5.10 Å². The van der Waals surface area contributed by atoms with Gasteiger partial charge < -0.3 is 4.90 Å². The Hall–Kier alpha value is -1.84. The number of fused-ring (bicyclic) bond motifs is 1. The van der Waals surface area contributed by atoms with Crippen molar-refractivity contribution in [2.75, 3.05) is 6.54 Å². The maximum atomic E-state index is 12.7. The Labute approximate surface area is 111 Å². The van der Waals surface area contributed by atoms with Crippen molar-refractivity contribution in [1.82, 2.24) is 15.1 Å². The summed E-state index contributed by atoms with van der Waals surface area (Å²) in [6, 6.07) is 8.30. The normalized spacial score (nSPS) is 18.7. The first-order chi connectivity index (χ1) is 9.33. The molecule has 0 atom stereocenters. The summed E-state index contributed by atoms with van der Waals surface area (Å²) < 4.78 is 0. The molecule has 0 radical (unpaired) electrons. The Bertz CT molecular complexity index is 625. The van der Waals surface area contributed by atoms with Crippen LogP contribution in [0.3, 0.4) is 0 Å². The van der Waals surface area contributed by atoms with Gasteiger partial charge in [0.1, 0.15) is 0 Å². The molecule has 1 aromatic heterocycles. The van der Waals surface area contributed by atoms with Gasteiger partial charge in [0.05, 0.1) is 5.52 Å². The third-order valence-electron chi connectivity index (χ3n) is 4.07. The third-order valence-corrected chi connectivity index (χ3v) is 4.07. The van der Waals surface area contributed by atoms with Crippen molar-refractivity contribution >= 4 is 16.8 Å². The van der Waals surface area contributed by atoms with E-state index in [1.807, 2.05) is 24.3 Å². The van der Waals surface area contributed by atoms with Gasteiger partial charge in [0.15, 0.2) is 5.69 Å². The predicted molar refractivity (Wildman–Crippen MR) is 72.9 cm³/mol. The summed E-state index contributed by atoms with van der Waals surface area (Å²) in [5.41, 5.74) is 1.52. The molecule has 4 rings (SSSR count). The summed E-state index contributed by atoms with van der Waals surface area (Å²) in [5.74, 6) is 0.835. The summed E-state index contributed by atoms with van der Waals surface area (Å²) in [4.78, 5) is 14.8. The van der Waals surface area contributed by atoms with Gasteiger partial charge in [0, 0.05) is 18.0 Å². The SMILES string of the molecule is O=C(c1n[nH]c2ccccc12)N(CC1CC1)C1CC1. The number of hydrogen-bond donors (Lipinski definition) is 1. The molecule has 98 valence electrons. The number of aromatic nitrogens is 2. The highest BCUT2D eigenvalue weighted by atomic mass is 16.2. The molecule has 4 heteroatoms. The lowest BCUT2D eigenvalue weighted by atomic mass is 10.2. The van der Waals surface area contributed by atoms with Gasteiger partial charge in [-0.1, -0.05) is 18.2 Å². The van der Waals surface area contributed by atoms with Gasteiger partial charge in [-0.25, -0.2) is 0 Å². The Morgan fingerprint density at radius 3 is 2.79 bits per heavy atom. The van der Waals surface area contributed by atoms with Crippen LogP contribution < -0.4 is 0 Å². The van der Waals surface area contributed by atoms with Crippen LogP contribution in [0.25, 0.3) is 10.9 Å². The first-order valence-corrected chi connectivity index (χ1v) is 7.07. The van der Waals surface area contributed by atoms with Gasteiger partial charge in [0.2, 0.25) is 0 Å². The molecule has 1 heterocycles. The highest BCUT2D eigenvalue weighted by molar-refractivity contribution is 6.04. The molecule has 0 bridgehead atoms. The number of nitrogens with one attached hydrogen (secondary N) is 1. The number of benzene rings is 1. The van der Waals surface area contributed by atoms with Crippen molar-refractivity contribution in [3.63, 3.8) is 0 Å². The summed E-state index contributed by atoms with van der Waals surface area (Å²) in [6.45, 7) is 0.921. The number of amides is 1. The Morgan fingerprint density at radius 1 is 1.26 bits per heavy atom. The summed E-state index contributed by atoms with van der Waals surface area (Å²) in [5, 5.41) is 8.13. The van der Waals surface area contributed by atoms with Crippen LogP contribution >= 0.6 is 0 Å². The van der Waals surface area contributed by atoms with Crippen LogP contribution in [0.4, 0.5) is 0 Å². The minimum Gasteiger partial charge on any atom is -0.334 e. The van der Waals surface area contributed by atoms with Gasteiger partial charge in [-0.15, -0.1) is 0 Å². The molecular formula is C15H17N3O. The first-order valence-electron chi connectivity index (χ1n) is 7.07. The molecule has 1 amide bonds. The highest BCUT2D eigenvalue weighted by Gasteiger charge is 2.37. The van der Waals surface area contributed by atoms with E-state index in [1.165, 1.54) is 12.8 Å². The van der Waals surface area contributed by atoms with Gasteiger partial charge in [-0.05, 0) is 37.7 Å². The smallest absolute Gasteiger partial charge is 0.275 e. The first kappa shape index (κ1) is 11.0. The fourth-order valence-corrected chi connectivity index (χ4v) is 2.63. The molecule has 2 fully saturated rings. The zero-order valence-corrected chi connectivity index (χ0v) is 10.8. The second kappa shape index (κ2) is 4.08. The van der Waals surface area contributed by atoms with Crippen molar-refractivity contribution < 1.29 is 4.79 Å². The van der Waals surface area contributed by atoms with Crippen LogP contribution in [0.2, 0.25) is 0 Å². The number of aromatic amines is 1. The lowest BCUT2D eigenvalue weighted by Crippen LogP contribution is -2.35. The fraction of sp³-hybridized carbons (Fsp3) is 0.467. The largest absolute Gasteiger partial charge is 0.334 e. The molecular weight excluding hydrogens is 238 g/mol. The van der Waals surface area contributed by atoms with E-state index in [9.17, 15) is 4.79 Å². The molecule has 0 unspecified atom stereocenters. The van der Waals surface area contributed by atoms with Crippen LogP contribution in [0.5, 0.6) is 0 Å². The minimum absolute atomic E-state index is 0.104. The highest BCUT2D eigenvalue weighted by Crippen LogP contribution is 2.36. The molecule has 19 heavy (non-hydrogen) atoms. The second-order valence-corrected chi connectivity index (χ2v) is 5.75. The maximum Gasteiger partial charge on any atom is 0.275 e. The van der Waals surface area contributed by atoms with Crippen LogP contribution in [0.15, 0.2) is 24.3 Å². The zero-order valence-electron chi connectivity index (χ0n) is 10.8. The molecule has 2 aromatic rings. The molecule has 4 nitrogen and oxygen atoms in total. The second-order valence-electron chi connectivity index (χ2n) is 5.75. The molecule has 1 aromatic carbocycles. The van der Waals surface area contributed by atoms with E-state index in [-0.39, 0.29) is 5.91 Å². The van der Waals surface area contributed by atoms with Crippen molar-refractivity contribution in [2.24, 2.45) is 5.92 Å². The summed E-state index contributed by atoms with van der Waals surface area (Å²) in [6.07, 6.45) is 4.86. The molecule has 0 saturated heterocycles. The molecule has 1 N–H and O–H groups in total.